The van der Waals surface area contributed by atoms with Crippen LogP contribution in [0.15, 0.2) is 24.3 Å². The molecule has 0 atom stereocenters. The predicted octanol–water partition coefficient (Wildman–Crippen LogP) is 3.30. The molecule has 1 aromatic heterocycles. The third kappa shape index (κ3) is 5.20. The van der Waals surface area contributed by atoms with E-state index in [-0.39, 0.29) is 11.8 Å². The van der Waals surface area contributed by atoms with Crippen molar-refractivity contribution in [3.05, 3.63) is 52.3 Å². The first-order valence-corrected chi connectivity index (χ1v) is 8.62. The Bertz CT molecular complexity index is 850. The van der Waals surface area contributed by atoms with Crippen LogP contribution in [0.2, 0.25) is 0 Å². The summed E-state index contributed by atoms with van der Waals surface area (Å²) in [5, 5.41) is 2.65. The van der Waals surface area contributed by atoms with Gasteiger partial charge in [0.25, 0.3) is 5.91 Å². The number of carbonyl (C=O) groups is 3. The van der Waals surface area contributed by atoms with Crippen LogP contribution in [0.3, 0.4) is 0 Å². The molecule has 0 saturated heterocycles. The number of hydrogen-bond donors (Lipinski definition) is 2. The number of hydrogen-bond acceptors (Lipinski definition) is 5. The highest BCUT2D eigenvalue weighted by molar-refractivity contribution is 5.99. The zero-order chi connectivity index (χ0) is 20.1. The monoisotopic (exact) mass is 372 g/mol. The molecule has 1 amide bonds. The molecule has 2 rings (SSSR count). The minimum Gasteiger partial charge on any atom is -0.459 e. The highest BCUT2D eigenvalue weighted by Crippen LogP contribution is 2.20. The number of aryl methyl sites for hydroxylation is 2. The number of ether oxygens (including phenoxy) is 2. The first-order valence-electron chi connectivity index (χ1n) is 8.62. The van der Waals surface area contributed by atoms with Crippen LogP contribution >= 0.6 is 0 Å². The molecule has 2 N–H and O–H groups in total. The molecule has 0 aliphatic rings. The van der Waals surface area contributed by atoms with E-state index in [1.165, 1.54) is 0 Å². The highest BCUT2D eigenvalue weighted by atomic mass is 16.5. The standard InChI is InChI=1S/C20H24N2O5/c1-11(2)27-19(24)17-13(4)18(21-14(17)5)20(25)26-10-16(23)22-15-8-6-12(3)7-9-15/h6-9,11,21H,10H2,1-5H3,(H,22,23). The summed E-state index contributed by atoms with van der Waals surface area (Å²) in [6.45, 7) is 8.30. The summed E-state index contributed by atoms with van der Waals surface area (Å²) < 4.78 is 10.3. The molecule has 0 spiro atoms. The van der Waals surface area contributed by atoms with Crippen LogP contribution in [-0.2, 0) is 14.3 Å². The number of aromatic nitrogens is 1. The minimum absolute atomic E-state index is 0.131. The van der Waals surface area contributed by atoms with E-state index in [2.05, 4.69) is 10.3 Å². The van der Waals surface area contributed by atoms with E-state index in [4.69, 9.17) is 9.47 Å². The quantitative estimate of drug-likeness (QED) is 0.758. The molecule has 0 unspecified atom stereocenters. The lowest BCUT2D eigenvalue weighted by Gasteiger charge is -2.08. The van der Waals surface area contributed by atoms with Crippen LogP contribution in [0.4, 0.5) is 5.69 Å². The van der Waals surface area contributed by atoms with Gasteiger partial charge in [-0.3, -0.25) is 4.79 Å². The summed E-state index contributed by atoms with van der Waals surface area (Å²) in [7, 11) is 0. The summed E-state index contributed by atoms with van der Waals surface area (Å²) in [6.07, 6.45) is -0.271. The fraction of sp³-hybridized carbons (Fsp3) is 0.350. The topological polar surface area (TPSA) is 97.5 Å². The van der Waals surface area contributed by atoms with Gasteiger partial charge in [-0.25, -0.2) is 9.59 Å². The summed E-state index contributed by atoms with van der Waals surface area (Å²) in [6, 6.07) is 7.26. The van der Waals surface area contributed by atoms with Crippen molar-refractivity contribution in [3.8, 4) is 0 Å². The Hall–Kier alpha value is -3.09. The van der Waals surface area contributed by atoms with Crippen molar-refractivity contribution >= 4 is 23.5 Å². The van der Waals surface area contributed by atoms with Crippen molar-refractivity contribution in [2.75, 3.05) is 11.9 Å². The van der Waals surface area contributed by atoms with Crippen LogP contribution in [0.25, 0.3) is 0 Å². The smallest absolute Gasteiger partial charge is 0.355 e. The van der Waals surface area contributed by atoms with E-state index in [1.807, 2.05) is 19.1 Å². The van der Waals surface area contributed by atoms with Crippen molar-refractivity contribution < 1.29 is 23.9 Å². The van der Waals surface area contributed by atoms with Gasteiger partial charge in [0.15, 0.2) is 6.61 Å². The molecule has 0 saturated carbocycles. The van der Waals surface area contributed by atoms with E-state index in [0.29, 0.717) is 22.5 Å². The number of rotatable bonds is 6. The fourth-order valence-corrected chi connectivity index (χ4v) is 2.57. The summed E-state index contributed by atoms with van der Waals surface area (Å²) in [5.74, 6) is -1.67. The van der Waals surface area contributed by atoms with Crippen LogP contribution in [0.5, 0.6) is 0 Å². The van der Waals surface area contributed by atoms with E-state index >= 15 is 0 Å². The van der Waals surface area contributed by atoms with Crippen molar-refractivity contribution in [2.45, 2.75) is 40.7 Å². The molecule has 0 aliphatic carbocycles. The first kappa shape index (κ1) is 20.2. The third-order valence-electron chi connectivity index (χ3n) is 3.86. The third-order valence-corrected chi connectivity index (χ3v) is 3.86. The van der Waals surface area contributed by atoms with Crippen molar-refractivity contribution in [3.63, 3.8) is 0 Å². The van der Waals surface area contributed by atoms with Gasteiger partial charge in [-0.2, -0.15) is 0 Å². The maximum Gasteiger partial charge on any atom is 0.355 e. The Kier molecular flexibility index (Phi) is 6.39. The second-order valence-electron chi connectivity index (χ2n) is 6.57. The SMILES string of the molecule is Cc1ccc(NC(=O)COC(=O)c2[nH]c(C)c(C(=O)OC(C)C)c2C)cc1. The van der Waals surface area contributed by atoms with Crippen molar-refractivity contribution in [1.82, 2.24) is 4.98 Å². The lowest BCUT2D eigenvalue weighted by Crippen LogP contribution is -2.21. The molecule has 0 radical (unpaired) electrons. The fourth-order valence-electron chi connectivity index (χ4n) is 2.57. The summed E-state index contributed by atoms with van der Waals surface area (Å²) >= 11 is 0. The Morgan fingerprint density at radius 1 is 1.04 bits per heavy atom. The molecule has 1 heterocycles. The Morgan fingerprint density at radius 2 is 1.67 bits per heavy atom. The number of H-pyrrole nitrogens is 1. The molecular weight excluding hydrogens is 348 g/mol. The van der Waals surface area contributed by atoms with Gasteiger partial charge in [-0.05, 0) is 52.3 Å². The van der Waals surface area contributed by atoms with Gasteiger partial charge in [0.1, 0.15) is 5.69 Å². The lowest BCUT2D eigenvalue weighted by atomic mass is 10.1. The maximum atomic E-state index is 12.3. The molecular formula is C20H24N2O5. The van der Waals surface area contributed by atoms with Gasteiger partial charge in [-0.15, -0.1) is 0 Å². The van der Waals surface area contributed by atoms with Crippen LogP contribution in [0.1, 0.15) is 51.5 Å². The molecule has 0 fully saturated rings. The van der Waals surface area contributed by atoms with Crippen molar-refractivity contribution in [2.24, 2.45) is 0 Å². The van der Waals surface area contributed by atoms with Gasteiger partial charge in [0.05, 0.1) is 11.7 Å². The second-order valence-corrected chi connectivity index (χ2v) is 6.57. The number of benzene rings is 1. The Balaban J connectivity index is 2.00. The minimum atomic E-state index is -0.710. The van der Waals surface area contributed by atoms with Gasteiger partial charge in [-0.1, -0.05) is 17.7 Å². The zero-order valence-electron chi connectivity index (χ0n) is 16.1. The van der Waals surface area contributed by atoms with E-state index < -0.39 is 24.5 Å². The van der Waals surface area contributed by atoms with Crippen LogP contribution < -0.4 is 5.32 Å². The summed E-state index contributed by atoms with van der Waals surface area (Å²) in [5.41, 5.74) is 3.07. The molecule has 7 heteroatoms. The highest BCUT2D eigenvalue weighted by Gasteiger charge is 2.24. The average Bonchev–Trinajstić information content (AvgIpc) is 2.89. The lowest BCUT2D eigenvalue weighted by molar-refractivity contribution is -0.119. The Morgan fingerprint density at radius 3 is 2.26 bits per heavy atom. The van der Waals surface area contributed by atoms with Crippen molar-refractivity contribution in [1.29, 1.82) is 0 Å². The molecule has 7 nitrogen and oxygen atoms in total. The Labute approximate surface area is 158 Å². The zero-order valence-corrected chi connectivity index (χ0v) is 16.1. The van der Waals surface area contributed by atoms with E-state index in [9.17, 15) is 14.4 Å². The molecule has 27 heavy (non-hydrogen) atoms. The predicted molar refractivity (Wildman–Crippen MR) is 101 cm³/mol. The van der Waals surface area contributed by atoms with E-state index in [0.717, 1.165) is 5.56 Å². The van der Waals surface area contributed by atoms with Gasteiger partial charge < -0.3 is 19.8 Å². The van der Waals surface area contributed by atoms with Gasteiger partial charge in [0.2, 0.25) is 0 Å². The largest absolute Gasteiger partial charge is 0.459 e. The maximum absolute atomic E-state index is 12.3. The van der Waals surface area contributed by atoms with E-state index in [1.54, 1.807) is 39.8 Å². The number of esters is 2. The summed E-state index contributed by atoms with van der Waals surface area (Å²) in [4.78, 5) is 39.2. The molecule has 2 aromatic rings. The molecule has 0 bridgehead atoms. The second kappa shape index (κ2) is 8.53. The van der Waals surface area contributed by atoms with Crippen LogP contribution in [-0.4, -0.2) is 35.5 Å². The van der Waals surface area contributed by atoms with Crippen LogP contribution in [0, 0.1) is 20.8 Å². The number of anilines is 1. The molecule has 1 aromatic carbocycles. The number of nitrogens with one attached hydrogen (secondary N) is 2. The number of aromatic amines is 1. The molecule has 144 valence electrons. The normalized spacial score (nSPS) is 10.6. The van der Waals surface area contributed by atoms with Gasteiger partial charge >= 0.3 is 11.9 Å². The average molecular weight is 372 g/mol. The number of amides is 1. The first-order chi connectivity index (χ1) is 12.7. The number of carbonyl (C=O) groups excluding carboxylic acids is 3. The van der Waals surface area contributed by atoms with Gasteiger partial charge in [0, 0.05) is 11.4 Å². The molecule has 0 aliphatic heterocycles.